The third-order valence-electron chi connectivity index (χ3n) is 7.48. The first-order valence-electron chi connectivity index (χ1n) is 12.0. The highest BCUT2D eigenvalue weighted by molar-refractivity contribution is 6.41. The van der Waals surface area contributed by atoms with Crippen molar-refractivity contribution in [1.82, 2.24) is 0 Å². The second kappa shape index (κ2) is 6.56. The molecule has 0 heteroatoms. The lowest BCUT2D eigenvalue weighted by Crippen LogP contribution is -1.92. The fraction of sp³-hybridized carbons (Fsp3) is 0.0909. The molecule has 0 unspecified atom stereocenters. The van der Waals surface area contributed by atoms with Gasteiger partial charge in [0, 0.05) is 0 Å². The summed E-state index contributed by atoms with van der Waals surface area (Å²) < 4.78 is 0. The predicted octanol–water partition coefficient (Wildman–Crippen LogP) is 9.97. The molecule has 0 aliphatic carbocycles. The van der Waals surface area contributed by atoms with Gasteiger partial charge in [-0.05, 0) is 106 Å². The van der Waals surface area contributed by atoms with Gasteiger partial charge in [0.1, 0.15) is 0 Å². The Kier molecular flexibility index (Phi) is 3.71. The highest BCUT2D eigenvalue weighted by Crippen LogP contribution is 2.47. The molecule has 0 bridgehead atoms. The minimum Gasteiger partial charge on any atom is -0.0683 e. The maximum Gasteiger partial charge on any atom is -0.00138 e. The van der Waals surface area contributed by atoms with Crippen LogP contribution < -0.4 is 0 Å². The minimum absolute atomic E-state index is 1.31. The van der Waals surface area contributed by atoms with Crippen LogP contribution in [0.15, 0.2) is 91.0 Å². The normalized spacial score (nSPS) is 12.1. The molecule has 8 rings (SSSR count). The van der Waals surface area contributed by atoms with Crippen molar-refractivity contribution in [2.24, 2.45) is 0 Å². The van der Waals surface area contributed by atoms with E-state index in [9.17, 15) is 0 Å². The van der Waals surface area contributed by atoms with E-state index in [-0.39, 0.29) is 0 Å². The van der Waals surface area contributed by atoms with Gasteiger partial charge in [0.25, 0.3) is 0 Å². The van der Waals surface area contributed by atoms with Gasteiger partial charge in [-0.15, -0.1) is 0 Å². The van der Waals surface area contributed by atoms with Crippen molar-refractivity contribution < 1.29 is 0 Å². The SMILES string of the molecule is CC.Cc1c2ccccc2c2cc3ccc4cc5ccccc5c5cc6ccc1c2c6c3c45. The van der Waals surface area contributed by atoms with E-state index >= 15 is 0 Å². The van der Waals surface area contributed by atoms with Gasteiger partial charge in [-0.25, -0.2) is 0 Å². The molecule has 8 aromatic carbocycles. The molecule has 0 aliphatic heterocycles. The molecule has 0 aromatic heterocycles. The Morgan fingerprint density at radius 2 is 0.909 bits per heavy atom. The Hall–Kier alpha value is -3.90. The van der Waals surface area contributed by atoms with Gasteiger partial charge in [0.15, 0.2) is 0 Å². The Labute approximate surface area is 192 Å². The summed E-state index contributed by atoms with van der Waals surface area (Å²) in [5, 5.41) is 19.2. The molecule has 0 fully saturated rings. The first kappa shape index (κ1) is 18.7. The fourth-order valence-electron chi connectivity index (χ4n) is 6.14. The quantitative estimate of drug-likeness (QED) is 0.169. The van der Waals surface area contributed by atoms with Gasteiger partial charge in [0.2, 0.25) is 0 Å². The zero-order chi connectivity index (χ0) is 22.3. The molecule has 0 saturated heterocycles. The molecule has 0 saturated carbocycles. The molecule has 0 aliphatic rings. The highest BCUT2D eigenvalue weighted by Gasteiger charge is 2.19. The Bertz CT molecular complexity index is 1990. The summed E-state index contributed by atoms with van der Waals surface area (Å²) >= 11 is 0. The van der Waals surface area contributed by atoms with Gasteiger partial charge in [-0.3, -0.25) is 0 Å². The van der Waals surface area contributed by atoms with Crippen molar-refractivity contribution in [2.75, 3.05) is 0 Å². The van der Waals surface area contributed by atoms with Crippen molar-refractivity contribution in [1.29, 1.82) is 0 Å². The monoisotopic (exact) mass is 420 g/mol. The molecule has 8 aromatic rings. The Balaban J connectivity index is 0.000000928. The highest BCUT2D eigenvalue weighted by atomic mass is 14.2. The van der Waals surface area contributed by atoms with Crippen molar-refractivity contribution in [2.45, 2.75) is 20.8 Å². The topological polar surface area (TPSA) is 0 Å². The molecule has 0 heterocycles. The van der Waals surface area contributed by atoms with E-state index in [4.69, 9.17) is 0 Å². The molecule has 0 amide bonds. The van der Waals surface area contributed by atoms with E-state index < -0.39 is 0 Å². The fourth-order valence-corrected chi connectivity index (χ4v) is 6.14. The standard InChI is InChI=1S/C31H18.C2H6/c1-17-22-7-4-5-9-25(22)27-16-20-11-10-19-14-18-6-2-3-8-24(18)26-15-21-12-13-23(17)31(27)30(21)29(20)28(19)26;1-2/h2-16H,1H3;1-2H3. The van der Waals surface area contributed by atoms with Crippen LogP contribution in [0.2, 0.25) is 0 Å². The minimum atomic E-state index is 1.31. The summed E-state index contributed by atoms with van der Waals surface area (Å²) in [4.78, 5) is 0. The number of rotatable bonds is 0. The van der Waals surface area contributed by atoms with Crippen LogP contribution in [0.5, 0.6) is 0 Å². The van der Waals surface area contributed by atoms with Crippen molar-refractivity contribution >= 4 is 75.4 Å². The first-order valence-corrected chi connectivity index (χ1v) is 12.0. The van der Waals surface area contributed by atoms with E-state index in [0.29, 0.717) is 0 Å². The van der Waals surface area contributed by atoms with Crippen LogP contribution in [-0.2, 0) is 0 Å². The van der Waals surface area contributed by atoms with Crippen LogP contribution >= 0.6 is 0 Å². The molecule has 156 valence electrons. The zero-order valence-corrected chi connectivity index (χ0v) is 19.2. The molecule has 0 N–H and O–H groups in total. The van der Waals surface area contributed by atoms with E-state index in [1.165, 1.54) is 81.0 Å². The average Bonchev–Trinajstić information content (AvgIpc) is 2.88. The van der Waals surface area contributed by atoms with E-state index in [2.05, 4.69) is 97.9 Å². The van der Waals surface area contributed by atoms with Crippen LogP contribution in [-0.4, -0.2) is 0 Å². The van der Waals surface area contributed by atoms with Crippen LogP contribution in [0, 0.1) is 6.92 Å². The van der Waals surface area contributed by atoms with Crippen LogP contribution in [0.4, 0.5) is 0 Å². The Morgan fingerprint density at radius 1 is 0.364 bits per heavy atom. The zero-order valence-electron chi connectivity index (χ0n) is 19.2. The summed E-state index contributed by atoms with van der Waals surface area (Å²) in [7, 11) is 0. The van der Waals surface area contributed by atoms with Crippen LogP contribution in [0.1, 0.15) is 19.4 Å². The summed E-state index contributed by atoms with van der Waals surface area (Å²) in [5.74, 6) is 0. The summed E-state index contributed by atoms with van der Waals surface area (Å²) in [6, 6.07) is 34.2. The number of fused-ring (bicyclic) bond motifs is 4. The lowest BCUT2D eigenvalue weighted by atomic mass is 9.83. The van der Waals surface area contributed by atoms with Crippen LogP contribution in [0.25, 0.3) is 75.4 Å². The second-order valence-electron chi connectivity index (χ2n) is 8.96. The van der Waals surface area contributed by atoms with Crippen molar-refractivity contribution in [3.63, 3.8) is 0 Å². The summed E-state index contributed by atoms with van der Waals surface area (Å²) in [6.07, 6.45) is 0. The predicted molar refractivity (Wildman–Crippen MR) is 147 cm³/mol. The van der Waals surface area contributed by atoms with Gasteiger partial charge in [0.05, 0.1) is 0 Å². The molecular formula is C33H24. The third kappa shape index (κ3) is 2.26. The lowest BCUT2D eigenvalue weighted by molar-refractivity contribution is 1.50. The first-order chi connectivity index (χ1) is 16.3. The molecule has 0 atom stereocenters. The van der Waals surface area contributed by atoms with Gasteiger partial charge >= 0.3 is 0 Å². The maximum absolute atomic E-state index is 2.43. The molecule has 0 radical (unpaired) electrons. The molecule has 0 spiro atoms. The van der Waals surface area contributed by atoms with E-state index in [1.807, 2.05) is 13.8 Å². The number of hydrogen-bond acceptors (Lipinski definition) is 0. The number of aryl methyl sites for hydroxylation is 1. The number of benzene rings is 8. The van der Waals surface area contributed by atoms with E-state index in [0.717, 1.165) is 0 Å². The van der Waals surface area contributed by atoms with Crippen LogP contribution in [0.3, 0.4) is 0 Å². The van der Waals surface area contributed by atoms with Crippen molar-refractivity contribution in [3.05, 3.63) is 96.6 Å². The second-order valence-corrected chi connectivity index (χ2v) is 8.96. The largest absolute Gasteiger partial charge is 0.0683 e. The average molecular weight is 421 g/mol. The van der Waals surface area contributed by atoms with E-state index in [1.54, 1.807) is 0 Å². The van der Waals surface area contributed by atoms with Gasteiger partial charge < -0.3 is 0 Å². The summed E-state index contributed by atoms with van der Waals surface area (Å²) in [5.41, 5.74) is 1.38. The summed E-state index contributed by atoms with van der Waals surface area (Å²) in [6.45, 7) is 6.28. The Morgan fingerprint density at radius 3 is 1.67 bits per heavy atom. The van der Waals surface area contributed by atoms with Gasteiger partial charge in [-0.1, -0.05) is 86.6 Å². The smallest absolute Gasteiger partial charge is 0.00138 e. The third-order valence-corrected chi connectivity index (χ3v) is 7.48. The molecule has 0 nitrogen and oxygen atoms in total. The van der Waals surface area contributed by atoms with Gasteiger partial charge in [-0.2, -0.15) is 0 Å². The number of hydrogen-bond donors (Lipinski definition) is 0. The molecular weight excluding hydrogens is 396 g/mol. The maximum atomic E-state index is 2.43. The molecule has 33 heavy (non-hydrogen) atoms. The van der Waals surface area contributed by atoms with Crippen molar-refractivity contribution in [3.8, 4) is 0 Å². The lowest BCUT2D eigenvalue weighted by Gasteiger charge is -2.20.